The van der Waals surface area contributed by atoms with Crippen LogP contribution in [-0.2, 0) is 17.6 Å². The predicted octanol–water partition coefficient (Wildman–Crippen LogP) is 4.83. The summed E-state index contributed by atoms with van der Waals surface area (Å²) in [4.78, 5) is 13.4. The molecule has 0 radical (unpaired) electrons. The van der Waals surface area contributed by atoms with E-state index in [0.29, 0.717) is 16.3 Å². The molecule has 124 valence electrons. The number of thiophene rings is 1. The van der Waals surface area contributed by atoms with Crippen LogP contribution in [0.1, 0.15) is 53.2 Å². The maximum atomic E-state index is 12.2. The molecule has 2 aromatic heterocycles. The van der Waals surface area contributed by atoms with Crippen molar-refractivity contribution in [3.05, 3.63) is 45.7 Å². The van der Waals surface area contributed by atoms with Crippen molar-refractivity contribution in [2.45, 2.75) is 45.4 Å². The largest absolute Gasteiger partial charge is 0.462 e. The van der Waals surface area contributed by atoms with Crippen molar-refractivity contribution < 1.29 is 9.21 Å². The van der Waals surface area contributed by atoms with Crippen LogP contribution in [0.3, 0.4) is 0 Å². The third kappa shape index (κ3) is 3.77. The number of carbonyl (C=O) groups excluding carboxylic acids is 1. The predicted molar refractivity (Wildman–Crippen MR) is 96.0 cm³/mol. The summed E-state index contributed by atoms with van der Waals surface area (Å²) in [5.74, 6) is 1.20. The van der Waals surface area contributed by atoms with E-state index in [1.807, 2.05) is 19.1 Å². The molecule has 0 aliphatic heterocycles. The highest BCUT2D eigenvalue weighted by Crippen LogP contribution is 2.36. The first-order valence-electron chi connectivity index (χ1n) is 8.27. The minimum Gasteiger partial charge on any atom is -0.462 e. The lowest BCUT2D eigenvalue weighted by Crippen LogP contribution is -2.07. The Hall–Kier alpha value is -2.32. The van der Waals surface area contributed by atoms with Gasteiger partial charge in [0.1, 0.15) is 22.6 Å². The van der Waals surface area contributed by atoms with Crippen LogP contribution < -0.4 is 5.32 Å². The molecule has 5 heteroatoms. The number of carbonyl (C=O) groups is 1. The summed E-state index contributed by atoms with van der Waals surface area (Å²) in [6.45, 7) is 1.86. The Morgan fingerprint density at radius 3 is 2.79 bits per heavy atom. The van der Waals surface area contributed by atoms with Crippen LogP contribution in [0, 0.1) is 18.3 Å². The molecule has 0 aromatic carbocycles. The van der Waals surface area contributed by atoms with Gasteiger partial charge in [0.25, 0.3) is 0 Å². The number of anilines is 1. The standard InChI is InChI=1S/C19H20N2O2S/c1-13-8-9-14(23-13)10-11-18(22)21-19-16(12-20)15-6-4-2-3-5-7-17(15)24-19/h8-11H,2-7H2,1H3,(H,21,22)/b11-10+. The van der Waals surface area contributed by atoms with Gasteiger partial charge < -0.3 is 9.73 Å². The van der Waals surface area contributed by atoms with Crippen molar-refractivity contribution in [2.24, 2.45) is 0 Å². The Bertz CT molecular complexity index is 808. The van der Waals surface area contributed by atoms with Crippen LogP contribution in [0.5, 0.6) is 0 Å². The highest BCUT2D eigenvalue weighted by atomic mass is 32.1. The maximum Gasteiger partial charge on any atom is 0.249 e. The molecule has 0 atom stereocenters. The summed E-state index contributed by atoms with van der Waals surface area (Å²) in [7, 11) is 0. The topological polar surface area (TPSA) is 66.0 Å². The zero-order chi connectivity index (χ0) is 16.9. The summed E-state index contributed by atoms with van der Waals surface area (Å²) in [6, 6.07) is 5.96. The van der Waals surface area contributed by atoms with E-state index in [9.17, 15) is 10.1 Å². The van der Waals surface area contributed by atoms with Crippen molar-refractivity contribution >= 4 is 28.3 Å². The summed E-state index contributed by atoms with van der Waals surface area (Å²) in [6.07, 6.45) is 9.75. The number of hydrogen-bond donors (Lipinski definition) is 1. The molecule has 0 unspecified atom stereocenters. The lowest BCUT2D eigenvalue weighted by Gasteiger charge is -2.08. The van der Waals surface area contributed by atoms with Gasteiger partial charge in [-0.2, -0.15) is 5.26 Å². The van der Waals surface area contributed by atoms with Gasteiger partial charge in [-0.1, -0.05) is 12.8 Å². The average molecular weight is 340 g/mol. The zero-order valence-electron chi connectivity index (χ0n) is 13.7. The minimum absolute atomic E-state index is 0.241. The van der Waals surface area contributed by atoms with E-state index in [4.69, 9.17) is 4.42 Å². The summed E-state index contributed by atoms with van der Waals surface area (Å²) in [5, 5.41) is 13.1. The summed E-state index contributed by atoms with van der Waals surface area (Å²) >= 11 is 1.55. The number of furan rings is 1. The van der Waals surface area contributed by atoms with E-state index >= 15 is 0 Å². The second-order valence-corrected chi connectivity index (χ2v) is 7.11. The Labute approximate surface area is 145 Å². The van der Waals surface area contributed by atoms with Gasteiger partial charge >= 0.3 is 0 Å². The molecule has 1 aliphatic rings. The molecular weight excluding hydrogens is 320 g/mol. The number of amides is 1. The molecular formula is C19H20N2O2S. The smallest absolute Gasteiger partial charge is 0.249 e. The van der Waals surface area contributed by atoms with Crippen molar-refractivity contribution in [2.75, 3.05) is 5.32 Å². The van der Waals surface area contributed by atoms with Crippen molar-refractivity contribution in [3.63, 3.8) is 0 Å². The number of aryl methyl sites for hydroxylation is 2. The van der Waals surface area contributed by atoms with E-state index in [1.165, 1.54) is 23.8 Å². The van der Waals surface area contributed by atoms with E-state index in [1.54, 1.807) is 17.4 Å². The third-order valence-electron chi connectivity index (χ3n) is 4.18. The van der Waals surface area contributed by atoms with Gasteiger partial charge in [0.15, 0.2) is 0 Å². The zero-order valence-corrected chi connectivity index (χ0v) is 14.5. The first-order valence-corrected chi connectivity index (χ1v) is 9.09. The first kappa shape index (κ1) is 16.5. The molecule has 2 aromatic rings. The molecule has 1 amide bonds. The fourth-order valence-electron chi connectivity index (χ4n) is 2.98. The summed E-state index contributed by atoms with van der Waals surface area (Å²) in [5.41, 5.74) is 1.79. The van der Waals surface area contributed by atoms with Crippen molar-refractivity contribution in [1.29, 1.82) is 5.26 Å². The quantitative estimate of drug-likeness (QED) is 0.814. The van der Waals surface area contributed by atoms with E-state index in [-0.39, 0.29) is 5.91 Å². The Balaban J connectivity index is 1.77. The fraction of sp³-hybridized carbons (Fsp3) is 0.368. The lowest BCUT2D eigenvalue weighted by molar-refractivity contribution is -0.111. The monoisotopic (exact) mass is 340 g/mol. The number of nitrogens with zero attached hydrogens (tertiary/aromatic N) is 1. The minimum atomic E-state index is -0.241. The van der Waals surface area contributed by atoms with Crippen molar-refractivity contribution in [1.82, 2.24) is 0 Å². The number of fused-ring (bicyclic) bond motifs is 1. The van der Waals surface area contributed by atoms with Gasteiger partial charge in [-0.05, 0) is 56.4 Å². The van der Waals surface area contributed by atoms with Crippen molar-refractivity contribution in [3.8, 4) is 6.07 Å². The normalized spacial score (nSPS) is 14.7. The van der Waals surface area contributed by atoms with Crippen LogP contribution in [0.4, 0.5) is 5.00 Å². The number of rotatable bonds is 3. The molecule has 4 nitrogen and oxygen atoms in total. The molecule has 3 rings (SSSR count). The molecule has 0 bridgehead atoms. The van der Waals surface area contributed by atoms with E-state index in [0.717, 1.165) is 37.0 Å². The van der Waals surface area contributed by atoms with E-state index < -0.39 is 0 Å². The van der Waals surface area contributed by atoms with E-state index in [2.05, 4.69) is 11.4 Å². The van der Waals surface area contributed by atoms with Gasteiger partial charge in [-0.3, -0.25) is 4.79 Å². The third-order valence-corrected chi connectivity index (χ3v) is 5.39. The molecule has 0 spiro atoms. The van der Waals surface area contributed by atoms with Crippen LogP contribution in [-0.4, -0.2) is 5.91 Å². The first-order chi connectivity index (χ1) is 11.7. The SMILES string of the molecule is Cc1ccc(/C=C/C(=O)Nc2sc3c(c2C#N)CCCCCC3)o1. The van der Waals surface area contributed by atoms with Crippen LogP contribution in [0.15, 0.2) is 22.6 Å². The van der Waals surface area contributed by atoms with Crippen LogP contribution in [0.25, 0.3) is 6.08 Å². The summed E-state index contributed by atoms with van der Waals surface area (Å²) < 4.78 is 5.41. The van der Waals surface area contributed by atoms with Gasteiger partial charge in [0, 0.05) is 11.0 Å². The van der Waals surface area contributed by atoms with Crippen LogP contribution >= 0.6 is 11.3 Å². The molecule has 0 saturated carbocycles. The Kier molecular flexibility index (Phi) is 5.17. The fourth-order valence-corrected chi connectivity index (χ4v) is 4.22. The Morgan fingerprint density at radius 1 is 1.29 bits per heavy atom. The second-order valence-electron chi connectivity index (χ2n) is 6.00. The molecule has 2 heterocycles. The molecule has 24 heavy (non-hydrogen) atoms. The highest BCUT2D eigenvalue weighted by molar-refractivity contribution is 7.16. The lowest BCUT2D eigenvalue weighted by atomic mass is 9.97. The Morgan fingerprint density at radius 2 is 2.08 bits per heavy atom. The number of hydrogen-bond acceptors (Lipinski definition) is 4. The highest BCUT2D eigenvalue weighted by Gasteiger charge is 2.19. The van der Waals surface area contributed by atoms with Gasteiger partial charge in [-0.25, -0.2) is 0 Å². The van der Waals surface area contributed by atoms with Gasteiger partial charge in [0.2, 0.25) is 5.91 Å². The van der Waals surface area contributed by atoms with Gasteiger partial charge in [-0.15, -0.1) is 11.3 Å². The molecule has 0 fully saturated rings. The molecule has 1 N–H and O–H groups in total. The van der Waals surface area contributed by atoms with Crippen LogP contribution in [0.2, 0.25) is 0 Å². The molecule has 1 aliphatic carbocycles. The maximum absolute atomic E-state index is 12.2. The number of nitrogens with one attached hydrogen (secondary N) is 1. The van der Waals surface area contributed by atoms with Gasteiger partial charge in [0.05, 0.1) is 5.56 Å². The number of nitriles is 1. The average Bonchev–Trinajstić information content (AvgIpc) is 3.09. The molecule has 0 saturated heterocycles. The second kappa shape index (κ2) is 7.50.